The zero-order chi connectivity index (χ0) is 30.9. The van der Waals surface area contributed by atoms with Gasteiger partial charge < -0.3 is 4.74 Å². The number of aromatic nitrogens is 4. The van der Waals surface area contributed by atoms with Crippen LogP contribution in [0.15, 0.2) is 53.5 Å². The van der Waals surface area contributed by atoms with Crippen LogP contribution in [0.5, 0.6) is 0 Å². The van der Waals surface area contributed by atoms with E-state index in [0.29, 0.717) is 31.4 Å². The van der Waals surface area contributed by atoms with E-state index in [9.17, 15) is 9.59 Å². The maximum Gasteiger partial charge on any atom is 0.453 e. The van der Waals surface area contributed by atoms with Gasteiger partial charge >= 0.3 is 6.09 Å². The van der Waals surface area contributed by atoms with Gasteiger partial charge in [-0.05, 0) is 60.4 Å². The largest absolute Gasteiger partial charge is 0.453 e. The van der Waals surface area contributed by atoms with Gasteiger partial charge in [0.1, 0.15) is 11.4 Å². The van der Waals surface area contributed by atoms with Crippen LogP contribution in [0.25, 0.3) is 22.5 Å². The number of hydrogen-bond acceptors (Lipinski definition) is 11. The molecule has 1 amide bonds. The predicted octanol–water partition coefficient (Wildman–Crippen LogP) is 5.42. The van der Waals surface area contributed by atoms with E-state index in [0.717, 1.165) is 72.3 Å². The zero-order valence-corrected chi connectivity index (χ0v) is 25.0. The molecule has 0 bridgehead atoms. The number of rotatable bonds is 14. The fourth-order valence-corrected chi connectivity index (χ4v) is 5.74. The average Bonchev–Trinajstić information content (AvgIpc) is 3.77. The number of tetrazole rings is 1. The summed E-state index contributed by atoms with van der Waals surface area (Å²) in [5, 5.41) is 28.9. The van der Waals surface area contributed by atoms with Crippen LogP contribution in [0.2, 0.25) is 0 Å². The molecular weight excluding hydrogens is 566 g/mol. The number of amidine groups is 1. The van der Waals surface area contributed by atoms with Crippen molar-refractivity contribution >= 4 is 17.8 Å². The first-order valence-corrected chi connectivity index (χ1v) is 15.3. The number of hydrogen-bond donors (Lipinski definition) is 2. The number of benzene rings is 2. The van der Waals surface area contributed by atoms with Crippen molar-refractivity contribution in [2.75, 3.05) is 13.2 Å². The van der Waals surface area contributed by atoms with Crippen molar-refractivity contribution in [1.29, 1.82) is 0 Å². The van der Waals surface area contributed by atoms with Crippen molar-refractivity contribution in [1.82, 2.24) is 30.5 Å². The molecule has 13 nitrogen and oxygen atoms in total. The fraction of sp³-hybridized carbons (Fsp3) is 0.484. The summed E-state index contributed by atoms with van der Waals surface area (Å²) in [6.07, 6.45) is 7.72. The molecular formula is C31H39N7O6. The van der Waals surface area contributed by atoms with E-state index in [1.165, 1.54) is 0 Å². The molecule has 5 rings (SSSR count). The minimum atomic E-state index is -0.739. The van der Waals surface area contributed by atoms with Gasteiger partial charge in [0, 0.05) is 12.0 Å². The van der Waals surface area contributed by atoms with Gasteiger partial charge in [0.25, 0.3) is 5.91 Å². The quantitative estimate of drug-likeness (QED) is 0.180. The van der Waals surface area contributed by atoms with Crippen molar-refractivity contribution in [3.63, 3.8) is 0 Å². The zero-order valence-electron chi connectivity index (χ0n) is 25.0. The molecule has 2 aliphatic rings. The van der Waals surface area contributed by atoms with Gasteiger partial charge in [-0.2, -0.15) is 0 Å². The second-order valence-corrected chi connectivity index (χ2v) is 11.2. The highest BCUT2D eigenvalue weighted by Crippen LogP contribution is 2.40. The lowest BCUT2D eigenvalue weighted by molar-refractivity contribution is -0.492. The third-order valence-electron chi connectivity index (χ3n) is 8.05. The number of carbonyl (C=O) groups is 2. The molecule has 0 radical (unpaired) electrons. The summed E-state index contributed by atoms with van der Waals surface area (Å²) >= 11 is 0. The first-order valence-electron chi connectivity index (χ1n) is 15.3. The number of amides is 1. The molecule has 0 unspecified atom stereocenters. The smallest absolute Gasteiger partial charge is 0.447 e. The summed E-state index contributed by atoms with van der Waals surface area (Å²) in [6, 6.07) is 15.7. The Morgan fingerprint density at radius 1 is 0.977 bits per heavy atom. The monoisotopic (exact) mass is 605 g/mol. The lowest BCUT2D eigenvalue weighted by atomic mass is 9.97. The Morgan fingerprint density at radius 3 is 2.43 bits per heavy atom. The fourth-order valence-electron chi connectivity index (χ4n) is 5.74. The van der Waals surface area contributed by atoms with Crippen molar-refractivity contribution < 1.29 is 29.6 Å². The highest BCUT2D eigenvalue weighted by Gasteiger charge is 2.49. The van der Waals surface area contributed by atoms with Crippen LogP contribution in [0.4, 0.5) is 4.79 Å². The lowest BCUT2D eigenvalue weighted by Crippen LogP contribution is -2.40. The van der Waals surface area contributed by atoms with Crippen molar-refractivity contribution in [3.8, 4) is 22.5 Å². The Labute approximate surface area is 256 Å². The maximum atomic E-state index is 13.5. The number of carbonyl (C=O) groups excluding carboxylic acids is 2. The van der Waals surface area contributed by atoms with Gasteiger partial charge in [-0.3, -0.25) is 29.9 Å². The molecule has 3 aromatic rings. The Balaban J connectivity index is 1.22. The number of nitrogens with zero attached hydrogens (tertiary/aromatic N) is 7. The lowest BCUT2D eigenvalue weighted by Gasteiger charge is -2.23. The van der Waals surface area contributed by atoms with Gasteiger partial charge in [-0.15, -0.1) is 10.2 Å². The van der Waals surface area contributed by atoms with Crippen LogP contribution in [0, 0.1) is 0 Å². The summed E-state index contributed by atoms with van der Waals surface area (Å²) in [6.45, 7) is 2.93. The molecule has 0 saturated heterocycles. The molecule has 1 aliphatic carbocycles. The summed E-state index contributed by atoms with van der Waals surface area (Å²) in [5.41, 5.74) is 3.03. The third-order valence-corrected chi connectivity index (χ3v) is 8.05. The molecule has 44 heavy (non-hydrogen) atoms. The molecule has 1 aromatic heterocycles. The molecule has 1 spiro atoms. The summed E-state index contributed by atoms with van der Waals surface area (Å²) in [7, 11) is 0. The first kappa shape index (κ1) is 31.4. The molecule has 234 valence electrons. The molecule has 2 aromatic carbocycles. The second-order valence-electron chi connectivity index (χ2n) is 11.2. The molecule has 1 aliphatic heterocycles. The highest BCUT2D eigenvalue weighted by atomic mass is 17.1. The topological polar surface area (TPSA) is 156 Å². The SMILES string of the molecule is CCCCC1=NC2(CCCC2)C(=O)N1Cc1ccc(-c2ccccc2-c2nnn(C(=O)OCCCCCON(O)O)n2)cc1. The van der Waals surface area contributed by atoms with Crippen LogP contribution in [-0.4, -0.2) is 77.5 Å². The van der Waals surface area contributed by atoms with Crippen molar-refractivity contribution in [2.45, 2.75) is 83.2 Å². The Bertz CT molecular complexity index is 1450. The summed E-state index contributed by atoms with van der Waals surface area (Å²) in [5.74, 6) is 1.36. The van der Waals surface area contributed by atoms with Gasteiger partial charge in [0.2, 0.25) is 5.82 Å². The van der Waals surface area contributed by atoms with Crippen LogP contribution >= 0.6 is 0 Å². The molecule has 1 saturated carbocycles. The predicted molar refractivity (Wildman–Crippen MR) is 159 cm³/mol. The molecule has 2 heterocycles. The average molecular weight is 606 g/mol. The van der Waals surface area contributed by atoms with E-state index in [2.05, 4.69) is 27.2 Å². The standard InChI is InChI=1S/C31H39N7O6/c1-2-3-13-27-32-31(18-7-8-19-31)29(39)36(27)22-23-14-16-24(17-15-23)25-11-5-6-12-26(25)28-33-35-37(34-28)30(40)43-20-9-4-10-21-44-38(41)42/h5-6,11-12,14-17,41-42H,2-4,7-10,13,18-22H2,1H3. The van der Waals surface area contributed by atoms with E-state index in [1.54, 1.807) is 0 Å². The maximum absolute atomic E-state index is 13.5. The number of aliphatic imine (C=N–C) groups is 1. The summed E-state index contributed by atoms with van der Waals surface area (Å²) in [4.78, 5) is 38.2. The van der Waals surface area contributed by atoms with Gasteiger partial charge in [-0.1, -0.05) is 79.5 Å². The highest BCUT2D eigenvalue weighted by molar-refractivity contribution is 6.08. The molecule has 13 heteroatoms. The van der Waals surface area contributed by atoms with Crippen LogP contribution in [0.1, 0.15) is 76.7 Å². The van der Waals surface area contributed by atoms with E-state index < -0.39 is 11.6 Å². The Morgan fingerprint density at radius 2 is 1.70 bits per heavy atom. The first-order chi connectivity index (χ1) is 21.4. The van der Waals surface area contributed by atoms with Crippen molar-refractivity contribution in [3.05, 3.63) is 54.1 Å². The van der Waals surface area contributed by atoms with Crippen LogP contribution < -0.4 is 0 Å². The number of ether oxygens (including phenoxy) is 1. The van der Waals surface area contributed by atoms with Crippen LogP contribution in [0.3, 0.4) is 0 Å². The molecule has 1 fully saturated rings. The van der Waals surface area contributed by atoms with E-state index >= 15 is 0 Å². The number of unbranched alkanes of at least 4 members (excludes halogenated alkanes) is 3. The second kappa shape index (κ2) is 14.6. The van der Waals surface area contributed by atoms with E-state index in [1.807, 2.05) is 53.4 Å². The minimum absolute atomic E-state index is 0.130. The third kappa shape index (κ3) is 7.36. The van der Waals surface area contributed by atoms with E-state index in [4.69, 9.17) is 20.1 Å². The molecule has 2 N–H and O–H groups in total. The Kier molecular flexibility index (Phi) is 10.4. The Hall–Kier alpha value is -4.04. The van der Waals surface area contributed by atoms with Gasteiger partial charge in [0.15, 0.2) is 0 Å². The minimum Gasteiger partial charge on any atom is -0.447 e. The van der Waals surface area contributed by atoms with Crippen molar-refractivity contribution in [2.24, 2.45) is 4.99 Å². The van der Waals surface area contributed by atoms with Gasteiger partial charge in [-0.25, -0.2) is 4.79 Å². The van der Waals surface area contributed by atoms with Crippen LogP contribution in [-0.2, 0) is 20.9 Å². The molecule has 0 atom stereocenters. The summed E-state index contributed by atoms with van der Waals surface area (Å²) < 4.78 is 5.23. The van der Waals surface area contributed by atoms with Gasteiger partial charge in [0.05, 0.1) is 25.1 Å². The normalized spacial score (nSPS) is 15.9. The van der Waals surface area contributed by atoms with E-state index in [-0.39, 0.29) is 30.3 Å².